The molecule has 0 N–H and O–H groups in total. The molecular weight excluding hydrogens is 219 g/mol. The van der Waals surface area contributed by atoms with E-state index in [0.717, 1.165) is 12.0 Å². The van der Waals surface area contributed by atoms with Crippen molar-refractivity contribution in [2.45, 2.75) is 19.3 Å². The van der Waals surface area contributed by atoms with Gasteiger partial charge in [0.05, 0.1) is 0 Å². The predicted octanol–water partition coefficient (Wildman–Crippen LogP) is 3.69. The van der Waals surface area contributed by atoms with Crippen molar-refractivity contribution >= 4 is 29.0 Å². The summed E-state index contributed by atoms with van der Waals surface area (Å²) < 4.78 is 0. The molecule has 1 aromatic carbocycles. The van der Waals surface area contributed by atoms with Crippen LogP contribution in [-0.4, -0.2) is 5.78 Å². The molecule has 14 heavy (non-hydrogen) atoms. The lowest BCUT2D eigenvalue weighted by molar-refractivity contribution is -0.118. The van der Waals surface area contributed by atoms with Crippen molar-refractivity contribution in [3.63, 3.8) is 0 Å². The Bertz CT molecular complexity index is 367. The van der Waals surface area contributed by atoms with Crippen LogP contribution in [-0.2, 0) is 4.79 Å². The molecule has 3 heteroatoms. The number of benzene rings is 1. The first-order valence-corrected chi connectivity index (χ1v) is 5.30. The predicted molar refractivity (Wildman–Crippen MR) is 58.0 cm³/mol. The van der Waals surface area contributed by atoms with E-state index in [1.807, 2.05) is 12.1 Å². The average molecular weight is 229 g/mol. The Hall–Kier alpha value is -0.530. The molecule has 2 rings (SSSR count). The van der Waals surface area contributed by atoms with Crippen molar-refractivity contribution in [2.75, 3.05) is 0 Å². The molecule has 1 aliphatic carbocycles. The number of Topliss-reactive ketones (excluding diaryl/α,β-unsaturated/α-hetero) is 1. The molecule has 0 amide bonds. The Labute approximate surface area is 93.0 Å². The Balaban J connectivity index is 2.23. The molecule has 1 aliphatic rings. The molecule has 1 nitrogen and oxygen atoms in total. The molecule has 0 heterocycles. The van der Waals surface area contributed by atoms with Gasteiger partial charge in [-0.05, 0) is 43.0 Å². The Morgan fingerprint density at radius 3 is 2.29 bits per heavy atom. The topological polar surface area (TPSA) is 17.1 Å². The number of rotatable bonds is 2. The Kier molecular flexibility index (Phi) is 2.54. The molecule has 0 spiro atoms. The lowest BCUT2D eigenvalue weighted by Crippen LogP contribution is -1.94. The molecule has 0 aliphatic heterocycles. The fraction of sp³-hybridized carbons (Fsp3) is 0.364. The van der Waals surface area contributed by atoms with Gasteiger partial charge < -0.3 is 0 Å². The number of hydrogen-bond acceptors (Lipinski definition) is 1. The van der Waals surface area contributed by atoms with Crippen LogP contribution in [0.5, 0.6) is 0 Å². The van der Waals surface area contributed by atoms with E-state index in [1.54, 1.807) is 13.0 Å². The maximum absolute atomic E-state index is 11.1. The molecule has 2 atom stereocenters. The van der Waals surface area contributed by atoms with Crippen LogP contribution in [0.2, 0.25) is 10.0 Å². The zero-order valence-corrected chi connectivity index (χ0v) is 9.27. The molecule has 0 saturated heterocycles. The fourth-order valence-electron chi connectivity index (χ4n) is 1.80. The van der Waals surface area contributed by atoms with Gasteiger partial charge in [-0.2, -0.15) is 0 Å². The maximum Gasteiger partial charge on any atom is 0.133 e. The highest BCUT2D eigenvalue weighted by atomic mass is 35.5. The van der Waals surface area contributed by atoms with Gasteiger partial charge in [0.25, 0.3) is 0 Å². The zero-order chi connectivity index (χ0) is 10.3. The highest BCUT2D eigenvalue weighted by Gasteiger charge is 2.41. The molecule has 1 fully saturated rings. The van der Waals surface area contributed by atoms with Gasteiger partial charge in [-0.15, -0.1) is 0 Å². The standard InChI is InChI=1S/C11H10Cl2O/c1-6(14)10-5-11(10)7-2-8(12)4-9(13)3-7/h2-4,10-11H,5H2,1H3/t10-,11+/m1/s1. The average Bonchev–Trinajstić information content (AvgIpc) is 2.79. The summed E-state index contributed by atoms with van der Waals surface area (Å²) in [7, 11) is 0. The minimum Gasteiger partial charge on any atom is -0.300 e. The van der Waals surface area contributed by atoms with Crippen LogP contribution >= 0.6 is 23.2 Å². The van der Waals surface area contributed by atoms with E-state index >= 15 is 0 Å². The van der Waals surface area contributed by atoms with Gasteiger partial charge in [0.1, 0.15) is 5.78 Å². The van der Waals surface area contributed by atoms with Crippen LogP contribution in [0.15, 0.2) is 18.2 Å². The van der Waals surface area contributed by atoms with E-state index in [-0.39, 0.29) is 11.7 Å². The minimum absolute atomic E-state index is 0.185. The number of hydrogen-bond donors (Lipinski definition) is 0. The van der Waals surface area contributed by atoms with Crippen LogP contribution in [0.3, 0.4) is 0 Å². The summed E-state index contributed by atoms with van der Waals surface area (Å²) in [6, 6.07) is 5.49. The quantitative estimate of drug-likeness (QED) is 0.755. The van der Waals surface area contributed by atoms with Crippen molar-refractivity contribution < 1.29 is 4.79 Å². The molecule has 0 unspecified atom stereocenters. The molecule has 0 bridgehead atoms. The van der Waals surface area contributed by atoms with E-state index in [2.05, 4.69) is 0 Å². The van der Waals surface area contributed by atoms with Gasteiger partial charge in [-0.25, -0.2) is 0 Å². The van der Waals surface area contributed by atoms with E-state index in [9.17, 15) is 4.79 Å². The van der Waals surface area contributed by atoms with Crippen LogP contribution in [0.4, 0.5) is 0 Å². The summed E-state index contributed by atoms with van der Waals surface area (Å²) >= 11 is 11.8. The van der Waals surface area contributed by atoms with Crippen molar-refractivity contribution in [3.05, 3.63) is 33.8 Å². The summed E-state index contributed by atoms with van der Waals surface area (Å²) in [5.41, 5.74) is 1.09. The SMILES string of the molecule is CC(=O)[C@H]1C[C@H]1c1cc(Cl)cc(Cl)c1. The summed E-state index contributed by atoms with van der Waals surface area (Å²) in [4.78, 5) is 11.1. The van der Waals surface area contributed by atoms with Crippen molar-refractivity contribution in [1.82, 2.24) is 0 Å². The number of ketones is 1. The molecule has 1 saturated carbocycles. The first-order chi connectivity index (χ1) is 6.58. The first-order valence-electron chi connectivity index (χ1n) is 4.54. The third-order valence-electron chi connectivity index (χ3n) is 2.63. The van der Waals surface area contributed by atoms with Gasteiger partial charge in [-0.3, -0.25) is 4.79 Å². The first kappa shape index (κ1) is 10.0. The fourth-order valence-corrected chi connectivity index (χ4v) is 2.34. The Morgan fingerprint density at radius 1 is 1.29 bits per heavy atom. The second-order valence-electron chi connectivity index (χ2n) is 3.76. The number of carbonyl (C=O) groups excluding carboxylic acids is 1. The maximum atomic E-state index is 11.1. The van der Waals surface area contributed by atoms with Crippen molar-refractivity contribution in [3.8, 4) is 0 Å². The molecule has 0 radical (unpaired) electrons. The van der Waals surface area contributed by atoms with Gasteiger partial charge in [0.2, 0.25) is 0 Å². The van der Waals surface area contributed by atoms with Crippen LogP contribution in [0.25, 0.3) is 0 Å². The smallest absolute Gasteiger partial charge is 0.133 e. The van der Waals surface area contributed by atoms with Gasteiger partial charge in [-0.1, -0.05) is 23.2 Å². The van der Waals surface area contributed by atoms with E-state index < -0.39 is 0 Å². The monoisotopic (exact) mass is 228 g/mol. The van der Waals surface area contributed by atoms with Crippen molar-refractivity contribution in [1.29, 1.82) is 0 Å². The third-order valence-corrected chi connectivity index (χ3v) is 3.06. The highest BCUT2D eigenvalue weighted by Crippen LogP contribution is 2.48. The van der Waals surface area contributed by atoms with Crippen LogP contribution in [0, 0.1) is 5.92 Å². The number of halogens is 2. The van der Waals surface area contributed by atoms with Gasteiger partial charge >= 0.3 is 0 Å². The largest absolute Gasteiger partial charge is 0.300 e. The second kappa shape index (κ2) is 3.56. The second-order valence-corrected chi connectivity index (χ2v) is 4.63. The normalized spacial score (nSPS) is 24.8. The summed E-state index contributed by atoms with van der Waals surface area (Å²) in [5, 5.41) is 1.28. The van der Waals surface area contributed by atoms with Gasteiger partial charge in [0.15, 0.2) is 0 Å². The number of carbonyl (C=O) groups is 1. The summed E-state index contributed by atoms with van der Waals surface area (Å²) in [6.45, 7) is 1.64. The lowest BCUT2D eigenvalue weighted by Gasteiger charge is -2.01. The zero-order valence-electron chi connectivity index (χ0n) is 7.76. The molecule has 1 aromatic rings. The minimum atomic E-state index is 0.185. The van der Waals surface area contributed by atoms with Crippen LogP contribution < -0.4 is 0 Å². The third kappa shape index (κ3) is 1.94. The van der Waals surface area contributed by atoms with E-state index in [0.29, 0.717) is 16.0 Å². The molecular formula is C11H10Cl2O. The summed E-state index contributed by atoms with van der Waals surface area (Å²) in [5.74, 6) is 0.777. The Morgan fingerprint density at radius 2 is 1.86 bits per heavy atom. The van der Waals surface area contributed by atoms with E-state index in [1.165, 1.54) is 0 Å². The highest BCUT2D eigenvalue weighted by molar-refractivity contribution is 6.34. The molecule has 0 aromatic heterocycles. The lowest BCUT2D eigenvalue weighted by atomic mass is 10.1. The van der Waals surface area contributed by atoms with E-state index in [4.69, 9.17) is 23.2 Å². The summed E-state index contributed by atoms with van der Waals surface area (Å²) in [6.07, 6.45) is 0.937. The van der Waals surface area contributed by atoms with Crippen LogP contribution in [0.1, 0.15) is 24.8 Å². The molecule has 74 valence electrons. The van der Waals surface area contributed by atoms with Crippen molar-refractivity contribution in [2.24, 2.45) is 5.92 Å². The van der Waals surface area contributed by atoms with Gasteiger partial charge in [0, 0.05) is 16.0 Å².